The zero-order valence-corrected chi connectivity index (χ0v) is 10.2. The number of thiocarbonyl (C=S) groups is 1. The van der Waals surface area contributed by atoms with E-state index in [0.717, 1.165) is 29.3 Å². The summed E-state index contributed by atoms with van der Waals surface area (Å²) in [6, 6.07) is 0.307. The van der Waals surface area contributed by atoms with Crippen molar-refractivity contribution in [3.8, 4) is 0 Å². The van der Waals surface area contributed by atoms with Gasteiger partial charge in [0.05, 0.1) is 7.11 Å². The molecule has 0 bridgehead atoms. The molecule has 0 aromatic carbocycles. The van der Waals surface area contributed by atoms with E-state index in [9.17, 15) is 4.79 Å². The molecule has 0 aliphatic carbocycles. The van der Waals surface area contributed by atoms with Gasteiger partial charge in [-0.1, -0.05) is 30.1 Å². The molecule has 0 spiro atoms. The third kappa shape index (κ3) is 2.18. The van der Waals surface area contributed by atoms with Gasteiger partial charge in [0, 0.05) is 23.9 Å². The second-order valence-corrected chi connectivity index (χ2v) is 5.25. The summed E-state index contributed by atoms with van der Waals surface area (Å²) in [6.45, 7) is 1.02. The van der Waals surface area contributed by atoms with Crippen LogP contribution in [0.2, 0.25) is 0 Å². The standard InChI is InChI=1S/C10H13NO2S2/c1-13-9(12)7-5-8-3-2-4-11(8)10(14)15-6-7/h5,8H,2-4,6H2,1H3/t8-/m0/s1. The van der Waals surface area contributed by atoms with Crippen molar-refractivity contribution in [2.75, 3.05) is 19.4 Å². The number of thioether (sulfide) groups is 1. The molecule has 1 fully saturated rings. The molecule has 0 amide bonds. The van der Waals surface area contributed by atoms with Gasteiger partial charge in [-0.15, -0.1) is 0 Å². The van der Waals surface area contributed by atoms with E-state index < -0.39 is 0 Å². The maximum Gasteiger partial charge on any atom is 0.334 e. The Morgan fingerprint density at radius 3 is 3.27 bits per heavy atom. The summed E-state index contributed by atoms with van der Waals surface area (Å²) in [7, 11) is 1.42. The number of rotatable bonds is 1. The van der Waals surface area contributed by atoms with Crippen molar-refractivity contribution in [2.24, 2.45) is 0 Å². The van der Waals surface area contributed by atoms with E-state index in [1.54, 1.807) is 11.8 Å². The Morgan fingerprint density at radius 1 is 1.73 bits per heavy atom. The Bertz CT molecular complexity index is 327. The maximum absolute atomic E-state index is 11.4. The van der Waals surface area contributed by atoms with Crippen molar-refractivity contribution < 1.29 is 9.53 Å². The molecule has 0 radical (unpaired) electrons. The number of hydrogen-bond donors (Lipinski definition) is 0. The molecular weight excluding hydrogens is 230 g/mol. The lowest BCUT2D eigenvalue weighted by molar-refractivity contribution is -0.136. The van der Waals surface area contributed by atoms with Gasteiger partial charge in [0.25, 0.3) is 0 Å². The molecule has 0 saturated carbocycles. The van der Waals surface area contributed by atoms with E-state index in [1.807, 2.05) is 6.08 Å². The lowest BCUT2D eigenvalue weighted by Crippen LogP contribution is -2.30. The van der Waals surface area contributed by atoms with Crippen molar-refractivity contribution in [3.05, 3.63) is 11.6 Å². The summed E-state index contributed by atoms with van der Waals surface area (Å²) in [4.78, 5) is 13.7. The molecule has 0 N–H and O–H groups in total. The van der Waals surface area contributed by atoms with E-state index in [1.165, 1.54) is 7.11 Å². The van der Waals surface area contributed by atoms with Crippen LogP contribution in [0.1, 0.15) is 12.8 Å². The maximum atomic E-state index is 11.4. The summed E-state index contributed by atoms with van der Waals surface area (Å²) in [5.74, 6) is 0.414. The lowest BCUT2D eigenvalue weighted by Gasteiger charge is -2.21. The fraction of sp³-hybridized carbons (Fsp3) is 0.600. The van der Waals surface area contributed by atoms with Crippen LogP contribution in [0.25, 0.3) is 0 Å². The molecule has 82 valence electrons. The van der Waals surface area contributed by atoms with E-state index in [0.29, 0.717) is 11.8 Å². The van der Waals surface area contributed by atoms with Crippen molar-refractivity contribution in [1.82, 2.24) is 4.90 Å². The van der Waals surface area contributed by atoms with Crippen LogP contribution in [0.5, 0.6) is 0 Å². The van der Waals surface area contributed by atoms with E-state index in [2.05, 4.69) is 4.90 Å². The first kappa shape index (κ1) is 11.0. The molecule has 2 aliphatic heterocycles. The van der Waals surface area contributed by atoms with Crippen LogP contribution < -0.4 is 0 Å². The van der Waals surface area contributed by atoms with Crippen LogP contribution >= 0.6 is 24.0 Å². The number of carbonyl (C=O) groups is 1. The molecule has 5 heteroatoms. The van der Waals surface area contributed by atoms with Crippen LogP contribution in [0.15, 0.2) is 11.6 Å². The zero-order valence-electron chi connectivity index (χ0n) is 8.56. The summed E-state index contributed by atoms with van der Waals surface area (Å²) >= 11 is 6.86. The first-order valence-corrected chi connectivity index (χ1v) is 6.34. The van der Waals surface area contributed by atoms with Crippen molar-refractivity contribution >= 4 is 34.3 Å². The fourth-order valence-corrected chi connectivity index (χ4v) is 3.24. The molecule has 0 aromatic rings. The Kier molecular flexibility index (Phi) is 3.31. The second-order valence-electron chi connectivity index (χ2n) is 3.64. The SMILES string of the molecule is COC(=O)C1=C[C@@H]2CCCN2C(=S)SC1. The van der Waals surface area contributed by atoms with Gasteiger partial charge in [-0.2, -0.15) is 0 Å². The topological polar surface area (TPSA) is 29.5 Å². The molecule has 2 aliphatic rings. The summed E-state index contributed by atoms with van der Waals surface area (Å²) in [5, 5.41) is 0. The van der Waals surface area contributed by atoms with E-state index >= 15 is 0 Å². The highest BCUT2D eigenvalue weighted by Crippen LogP contribution is 2.29. The Hall–Kier alpha value is -0.550. The second kappa shape index (κ2) is 4.53. The van der Waals surface area contributed by atoms with Gasteiger partial charge in [0.2, 0.25) is 0 Å². The third-order valence-corrected chi connectivity index (χ3v) is 4.25. The average molecular weight is 243 g/mol. The van der Waals surface area contributed by atoms with Gasteiger partial charge < -0.3 is 9.64 Å². The van der Waals surface area contributed by atoms with Gasteiger partial charge in [-0.05, 0) is 12.8 Å². The van der Waals surface area contributed by atoms with Crippen molar-refractivity contribution in [3.63, 3.8) is 0 Å². The minimum atomic E-state index is -0.223. The quantitative estimate of drug-likeness (QED) is 0.515. The number of carbonyl (C=O) groups excluding carboxylic acids is 1. The average Bonchev–Trinajstić information content (AvgIpc) is 2.65. The molecule has 1 saturated heterocycles. The summed E-state index contributed by atoms with van der Waals surface area (Å²) < 4.78 is 5.66. The molecule has 3 nitrogen and oxygen atoms in total. The van der Waals surface area contributed by atoms with Gasteiger partial charge in [-0.25, -0.2) is 4.79 Å². The number of methoxy groups -OCH3 is 1. The largest absolute Gasteiger partial charge is 0.466 e. The van der Waals surface area contributed by atoms with Gasteiger partial charge in [-0.3, -0.25) is 0 Å². The van der Waals surface area contributed by atoms with E-state index in [4.69, 9.17) is 17.0 Å². The molecule has 0 unspecified atom stereocenters. The van der Waals surface area contributed by atoms with Gasteiger partial charge in [0.1, 0.15) is 4.32 Å². The Morgan fingerprint density at radius 2 is 2.53 bits per heavy atom. The minimum absolute atomic E-state index is 0.223. The molecule has 2 rings (SSSR count). The lowest BCUT2D eigenvalue weighted by atomic mass is 10.1. The number of ether oxygens (including phenoxy) is 1. The van der Waals surface area contributed by atoms with Crippen LogP contribution in [0.3, 0.4) is 0 Å². The van der Waals surface area contributed by atoms with Crippen LogP contribution in [-0.4, -0.2) is 40.6 Å². The van der Waals surface area contributed by atoms with Gasteiger partial charge in [0.15, 0.2) is 0 Å². The highest BCUT2D eigenvalue weighted by atomic mass is 32.2. The Balaban J connectivity index is 2.21. The molecule has 2 heterocycles. The molecule has 1 atom stereocenters. The van der Waals surface area contributed by atoms with Crippen molar-refractivity contribution in [2.45, 2.75) is 18.9 Å². The van der Waals surface area contributed by atoms with Crippen LogP contribution in [0, 0.1) is 0 Å². The number of hydrogen-bond acceptors (Lipinski definition) is 4. The smallest absolute Gasteiger partial charge is 0.334 e. The van der Waals surface area contributed by atoms with Crippen LogP contribution in [-0.2, 0) is 9.53 Å². The summed E-state index contributed by atoms with van der Waals surface area (Å²) in [5.41, 5.74) is 0.749. The number of nitrogens with zero attached hydrogens (tertiary/aromatic N) is 1. The zero-order chi connectivity index (χ0) is 10.8. The normalized spacial score (nSPS) is 25.7. The highest BCUT2D eigenvalue weighted by Gasteiger charge is 2.29. The number of esters is 1. The number of fused-ring (bicyclic) bond motifs is 1. The predicted molar refractivity (Wildman–Crippen MR) is 64.9 cm³/mol. The molecule has 0 aromatic heterocycles. The first-order chi connectivity index (χ1) is 7.22. The first-order valence-electron chi connectivity index (χ1n) is 4.95. The predicted octanol–water partition coefficient (Wildman–Crippen LogP) is 1.58. The van der Waals surface area contributed by atoms with Crippen molar-refractivity contribution in [1.29, 1.82) is 0 Å². The van der Waals surface area contributed by atoms with Gasteiger partial charge >= 0.3 is 5.97 Å². The molecule has 15 heavy (non-hydrogen) atoms. The minimum Gasteiger partial charge on any atom is -0.466 e. The fourth-order valence-electron chi connectivity index (χ4n) is 1.95. The third-order valence-electron chi connectivity index (χ3n) is 2.73. The van der Waals surface area contributed by atoms with Crippen LogP contribution in [0.4, 0.5) is 0 Å². The highest BCUT2D eigenvalue weighted by molar-refractivity contribution is 8.23. The Labute approximate surface area is 98.8 Å². The van der Waals surface area contributed by atoms with E-state index in [-0.39, 0.29) is 5.97 Å². The molecular formula is C10H13NO2S2. The monoisotopic (exact) mass is 243 g/mol. The summed E-state index contributed by atoms with van der Waals surface area (Å²) in [6.07, 6.45) is 4.25.